The van der Waals surface area contributed by atoms with Gasteiger partial charge in [0.05, 0.1) is 22.0 Å². The van der Waals surface area contributed by atoms with E-state index in [0.717, 1.165) is 56.5 Å². The molecule has 3 aromatic heterocycles. The molecule has 4 heterocycles. The standard InChI is InChI=1S/C23H20FN3O2S2.C14H8FN3S/c1-31(28,29)20-8-2-16(3-9-20)12-15-30-23-26-21(17-4-6-19(24)7-5-17)22(27-23)18-10-13-25-14-11-18;15-11-3-1-9(2-4-11)12-13(18-14(19)17-12)10-5-7-16-8-6-10/h2-11,13-14H,12,15H2,1H3,(H,26,27);1-8H. The quantitative estimate of drug-likeness (QED) is 0.120. The Morgan fingerprint density at radius 3 is 1.72 bits per heavy atom. The van der Waals surface area contributed by atoms with Crippen molar-refractivity contribution >= 4 is 50.4 Å². The third-order valence-electron chi connectivity index (χ3n) is 7.46. The third kappa shape index (κ3) is 8.67. The highest BCUT2D eigenvalue weighted by atomic mass is 32.2. The number of hydrogen-bond donors (Lipinski definition) is 1. The lowest BCUT2D eigenvalue weighted by Crippen LogP contribution is -2.14. The number of aromatic nitrogens is 4. The van der Waals surface area contributed by atoms with Gasteiger partial charge in [-0.3, -0.25) is 9.97 Å². The molecule has 1 aliphatic heterocycles. The molecule has 1 aliphatic rings. The number of imidazole rings is 1. The van der Waals surface area contributed by atoms with Gasteiger partial charge in [-0.05, 0) is 109 Å². The van der Waals surface area contributed by atoms with E-state index in [0.29, 0.717) is 16.3 Å². The average Bonchev–Trinajstić information content (AvgIpc) is 3.74. The van der Waals surface area contributed by atoms with Gasteiger partial charge in [0.25, 0.3) is 0 Å². The monoisotopic (exact) mass is 722 g/mol. The van der Waals surface area contributed by atoms with Crippen LogP contribution in [0.1, 0.15) is 16.7 Å². The number of benzene rings is 3. The SMILES string of the molecule is CS(=O)(=O)c1ccc(CCSc2nc(-c3ccc(F)cc3)c(-c3ccncc3)[nH]2)cc1.Fc1ccc(C2=NC(=S)N=C2c2ccncc2)cc1. The van der Waals surface area contributed by atoms with Crippen molar-refractivity contribution in [1.82, 2.24) is 19.9 Å². The van der Waals surface area contributed by atoms with E-state index < -0.39 is 9.84 Å². The number of hydrogen-bond acceptors (Lipinski definition) is 7. The summed E-state index contributed by atoms with van der Waals surface area (Å²) in [5.74, 6) is 0.193. The first-order valence-electron chi connectivity index (χ1n) is 15.2. The fraction of sp³-hybridized carbons (Fsp3) is 0.0811. The van der Waals surface area contributed by atoms with Gasteiger partial charge in [-0.25, -0.2) is 32.2 Å². The molecular formula is C37H28F2N6O2S3. The highest BCUT2D eigenvalue weighted by Gasteiger charge is 2.20. The molecule has 7 rings (SSSR count). The molecule has 0 atom stereocenters. The lowest BCUT2D eigenvalue weighted by molar-refractivity contribution is 0.602. The Kier molecular flexibility index (Phi) is 10.8. The zero-order valence-electron chi connectivity index (χ0n) is 26.5. The summed E-state index contributed by atoms with van der Waals surface area (Å²) < 4.78 is 49.5. The summed E-state index contributed by atoms with van der Waals surface area (Å²) >= 11 is 6.61. The number of sulfone groups is 1. The van der Waals surface area contributed by atoms with Crippen molar-refractivity contribution in [2.24, 2.45) is 9.98 Å². The van der Waals surface area contributed by atoms with Crippen molar-refractivity contribution in [2.75, 3.05) is 12.0 Å². The molecule has 0 spiro atoms. The smallest absolute Gasteiger partial charge is 0.220 e. The molecule has 13 heteroatoms. The highest BCUT2D eigenvalue weighted by molar-refractivity contribution is 7.99. The normalized spacial score (nSPS) is 12.6. The molecule has 8 nitrogen and oxygen atoms in total. The summed E-state index contributed by atoms with van der Waals surface area (Å²) in [6, 6.07) is 26.8. The Morgan fingerprint density at radius 1 is 0.680 bits per heavy atom. The van der Waals surface area contributed by atoms with Gasteiger partial charge in [0.1, 0.15) is 17.3 Å². The number of aryl methyl sites for hydroxylation is 1. The number of thioether (sulfide) groups is 1. The fourth-order valence-electron chi connectivity index (χ4n) is 4.98. The number of nitrogens with one attached hydrogen (secondary N) is 1. The molecule has 6 aromatic rings. The first-order chi connectivity index (χ1) is 24.1. The Balaban J connectivity index is 0.000000194. The molecule has 1 N–H and O–H groups in total. The van der Waals surface area contributed by atoms with Crippen molar-refractivity contribution in [2.45, 2.75) is 16.5 Å². The Bertz CT molecular complexity index is 2280. The van der Waals surface area contributed by atoms with E-state index >= 15 is 0 Å². The van der Waals surface area contributed by atoms with Crippen LogP contribution in [0.4, 0.5) is 8.78 Å². The number of H-pyrrole nitrogens is 1. The molecule has 0 unspecified atom stereocenters. The molecule has 0 aliphatic carbocycles. The molecule has 0 radical (unpaired) electrons. The third-order valence-corrected chi connectivity index (χ3v) is 9.65. The molecule has 3 aromatic carbocycles. The molecule has 0 bridgehead atoms. The molecule has 0 fully saturated rings. The van der Waals surface area contributed by atoms with E-state index in [1.807, 2.05) is 36.4 Å². The minimum absolute atomic E-state index is 0.283. The van der Waals surface area contributed by atoms with Crippen LogP contribution in [-0.2, 0) is 16.3 Å². The predicted octanol–water partition coefficient (Wildman–Crippen LogP) is 7.81. The predicted molar refractivity (Wildman–Crippen MR) is 198 cm³/mol. The second-order valence-corrected chi connectivity index (χ2v) is 14.4. The first kappa shape index (κ1) is 34.6. The molecule has 50 heavy (non-hydrogen) atoms. The van der Waals surface area contributed by atoms with E-state index in [1.54, 1.807) is 72.9 Å². The van der Waals surface area contributed by atoms with Crippen LogP contribution in [0.2, 0.25) is 0 Å². The largest absolute Gasteiger partial charge is 0.332 e. The van der Waals surface area contributed by atoms with Crippen LogP contribution in [0.15, 0.2) is 142 Å². The van der Waals surface area contributed by atoms with Crippen LogP contribution in [0.25, 0.3) is 22.5 Å². The minimum atomic E-state index is -3.19. The summed E-state index contributed by atoms with van der Waals surface area (Å²) in [4.78, 5) is 25.0. The number of rotatable bonds is 9. The van der Waals surface area contributed by atoms with E-state index in [1.165, 1.54) is 30.5 Å². The Labute approximate surface area is 297 Å². The van der Waals surface area contributed by atoms with Crippen LogP contribution in [-0.4, -0.2) is 56.9 Å². The van der Waals surface area contributed by atoms with Crippen molar-refractivity contribution in [3.8, 4) is 22.5 Å². The summed E-state index contributed by atoms with van der Waals surface area (Å²) in [5, 5.41) is 1.05. The van der Waals surface area contributed by atoms with Gasteiger partial charge in [0.2, 0.25) is 5.11 Å². The number of aromatic amines is 1. The van der Waals surface area contributed by atoms with Crippen molar-refractivity contribution < 1.29 is 17.2 Å². The summed E-state index contributed by atoms with van der Waals surface area (Å²) in [7, 11) is -3.19. The zero-order valence-corrected chi connectivity index (χ0v) is 28.9. The van der Waals surface area contributed by atoms with Crippen LogP contribution in [0.3, 0.4) is 0 Å². The zero-order chi connectivity index (χ0) is 35.1. The second-order valence-electron chi connectivity index (χ2n) is 11.0. The maximum atomic E-state index is 13.4. The average molecular weight is 723 g/mol. The van der Waals surface area contributed by atoms with E-state index in [-0.39, 0.29) is 16.7 Å². The second kappa shape index (κ2) is 15.5. The summed E-state index contributed by atoms with van der Waals surface area (Å²) in [6.07, 6.45) is 8.78. The van der Waals surface area contributed by atoms with Gasteiger partial charge in [-0.2, -0.15) is 0 Å². The van der Waals surface area contributed by atoms with Gasteiger partial charge in [-0.1, -0.05) is 23.9 Å². The van der Waals surface area contributed by atoms with E-state index in [9.17, 15) is 17.2 Å². The van der Waals surface area contributed by atoms with Crippen LogP contribution < -0.4 is 0 Å². The summed E-state index contributed by atoms with van der Waals surface area (Å²) in [5.41, 5.74) is 7.47. The number of pyridine rings is 2. The summed E-state index contributed by atoms with van der Waals surface area (Å²) in [6.45, 7) is 0. The fourth-order valence-corrected chi connectivity index (χ4v) is 6.65. The lowest BCUT2D eigenvalue weighted by atomic mass is 10.0. The Morgan fingerprint density at radius 2 is 1.18 bits per heavy atom. The maximum absolute atomic E-state index is 13.4. The van der Waals surface area contributed by atoms with Crippen LogP contribution in [0, 0.1) is 11.6 Å². The molecule has 0 saturated carbocycles. The molecule has 0 amide bonds. The van der Waals surface area contributed by atoms with Crippen molar-refractivity contribution in [1.29, 1.82) is 0 Å². The minimum Gasteiger partial charge on any atom is -0.332 e. The topological polar surface area (TPSA) is 113 Å². The van der Waals surface area contributed by atoms with Crippen LogP contribution >= 0.6 is 24.0 Å². The molecule has 0 saturated heterocycles. The first-order valence-corrected chi connectivity index (χ1v) is 18.5. The number of nitrogens with zero attached hydrogens (tertiary/aromatic N) is 5. The number of aliphatic imine (C=N–C) groups is 2. The van der Waals surface area contributed by atoms with E-state index in [4.69, 9.17) is 17.2 Å². The Hall–Kier alpha value is -5.24. The lowest BCUT2D eigenvalue weighted by Gasteiger charge is -2.04. The van der Waals surface area contributed by atoms with Gasteiger partial charge in [-0.15, -0.1) is 0 Å². The van der Waals surface area contributed by atoms with Crippen molar-refractivity contribution in [3.63, 3.8) is 0 Å². The van der Waals surface area contributed by atoms with Crippen molar-refractivity contribution in [3.05, 3.63) is 150 Å². The molecular weight excluding hydrogens is 695 g/mol. The highest BCUT2D eigenvalue weighted by Crippen LogP contribution is 2.33. The van der Waals surface area contributed by atoms with Gasteiger partial charge >= 0.3 is 0 Å². The number of thiocarbonyl (C=S) groups is 1. The van der Waals surface area contributed by atoms with Gasteiger partial charge in [0.15, 0.2) is 15.0 Å². The van der Waals surface area contributed by atoms with Crippen LogP contribution in [0.5, 0.6) is 0 Å². The molecule has 250 valence electrons. The van der Waals surface area contributed by atoms with Gasteiger partial charge in [0, 0.05) is 59.0 Å². The maximum Gasteiger partial charge on any atom is 0.220 e. The van der Waals surface area contributed by atoms with E-state index in [2.05, 4.69) is 24.9 Å². The number of halogens is 2. The van der Waals surface area contributed by atoms with Gasteiger partial charge < -0.3 is 4.98 Å².